The second-order valence-corrected chi connectivity index (χ2v) is 2.29. The van der Waals surface area contributed by atoms with Crippen molar-refractivity contribution in [2.45, 2.75) is 6.42 Å². The first-order valence-corrected chi connectivity index (χ1v) is 3.54. The van der Waals surface area contributed by atoms with Gasteiger partial charge in [0, 0.05) is 13.0 Å². The molecule has 1 aromatic rings. The van der Waals surface area contributed by atoms with Gasteiger partial charge in [-0.15, -0.1) is 0 Å². The molecule has 0 bridgehead atoms. The van der Waals surface area contributed by atoms with Gasteiger partial charge in [-0.1, -0.05) is 0 Å². The lowest BCUT2D eigenvalue weighted by molar-refractivity contribution is 0.0982. The molecule has 0 aliphatic carbocycles. The fourth-order valence-corrected chi connectivity index (χ4v) is 0.806. The molecular formula is C8H11NO2. The molecule has 0 amide bonds. The van der Waals surface area contributed by atoms with Crippen molar-refractivity contribution in [2.24, 2.45) is 0 Å². The standard InChI is InChI=1S/C8H11NO2/c1-9-4-2-8(10)7-3-5-11-6-7/h3,5-6,9H,2,4H2,1H3. The predicted octanol–water partition coefficient (Wildman–Crippen LogP) is 1.07. The predicted molar refractivity (Wildman–Crippen MR) is 41.6 cm³/mol. The normalized spacial score (nSPS) is 9.91. The lowest BCUT2D eigenvalue weighted by Gasteiger charge is -1.94. The van der Waals surface area contributed by atoms with Gasteiger partial charge in [-0.3, -0.25) is 4.79 Å². The molecule has 0 spiro atoms. The van der Waals surface area contributed by atoms with Crippen LogP contribution in [0.25, 0.3) is 0 Å². The summed E-state index contributed by atoms with van der Waals surface area (Å²) in [6, 6.07) is 1.68. The van der Waals surface area contributed by atoms with Crippen molar-refractivity contribution in [2.75, 3.05) is 13.6 Å². The van der Waals surface area contributed by atoms with Crippen molar-refractivity contribution in [3.8, 4) is 0 Å². The maximum Gasteiger partial charge on any atom is 0.167 e. The third-order valence-electron chi connectivity index (χ3n) is 1.45. The van der Waals surface area contributed by atoms with Crippen LogP contribution < -0.4 is 5.32 Å². The Labute approximate surface area is 65.4 Å². The first kappa shape index (κ1) is 8.01. The highest BCUT2D eigenvalue weighted by Gasteiger charge is 2.04. The molecule has 0 unspecified atom stereocenters. The zero-order valence-corrected chi connectivity index (χ0v) is 6.46. The highest BCUT2D eigenvalue weighted by molar-refractivity contribution is 5.95. The minimum atomic E-state index is 0.119. The molecule has 0 saturated carbocycles. The summed E-state index contributed by atoms with van der Waals surface area (Å²) in [5.41, 5.74) is 0.653. The van der Waals surface area contributed by atoms with Crippen molar-refractivity contribution >= 4 is 5.78 Å². The van der Waals surface area contributed by atoms with E-state index in [1.807, 2.05) is 7.05 Å². The van der Waals surface area contributed by atoms with Crippen LogP contribution >= 0.6 is 0 Å². The van der Waals surface area contributed by atoms with E-state index < -0.39 is 0 Å². The molecule has 0 aliphatic rings. The lowest BCUT2D eigenvalue weighted by Crippen LogP contribution is -2.12. The molecule has 60 valence electrons. The number of Topliss-reactive ketones (excluding diaryl/α,β-unsaturated/α-hetero) is 1. The zero-order chi connectivity index (χ0) is 8.10. The van der Waals surface area contributed by atoms with Gasteiger partial charge in [-0.25, -0.2) is 0 Å². The summed E-state index contributed by atoms with van der Waals surface area (Å²) in [5.74, 6) is 0.119. The molecule has 1 heterocycles. The Morgan fingerprint density at radius 1 is 1.73 bits per heavy atom. The Morgan fingerprint density at radius 2 is 2.55 bits per heavy atom. The van der Waals surface area contributed by atoms with E-state index in [-0.39, 0.29) is 5.78 Å². The number of carbonyl (C=O) groups excluding carboxylic acids is 1. The van der Waals surface area contributed by atoms with Crippen molar-refractivity contribution < 1.29 is 9.21 Å². The van der Waals surface area contributed by atoms with Crippen LogP contribution in [0.4, 0.5) is 0 Å². The number of ketones is 1. The van der Waals surface area contributed by atoms with Gasteiger partial charge in [0.05, 0.1) is 11.8 Å². The van der Waals surface area contributed by atoms with Crippen molar-refractivity contribution in [1.29, 1.82) is 0 Å². The summed E-state index contributed by atoms with van der Waals surface area (Å²) < 4.78 is 4.77. The summed E-state index contributed by atoms with van der Waals surface area (Å²) in [6.07, 6.45) is 3.50. The summed E-state index contributed by atoms with van der Waals surface area (Å²) in [5, 5.41) is 2.91. The van der Waals surface area contributed by atoms with Crippen LogP contribution in [0.15, 0.2) is 23.0 Å². The van der Waals surface area contributed by atoms with Gasteiger partial charge in [0.1, 0.15) is 6.26 Å². The van der Waals surface area contributed by atoms with Crippen molar-refractivity contribution in [1.82, 2.24) is 5.32 Å². The molecule has 0 atom stereocenters. The fraction of sp³-hybridized carbons (Fsp3) is 0.375. The third kappa shape index (κ3) is 2.20. The quantitative estimate of drug-likeness (QED) is 0.658. The van der Waals surface area contributed by atoms with Gasteiger partial charge in [-0.2, -0.15) is 0 Å². The Kier molecular flexibility index (Phi) is 2.86. The zero-order valence-electron chi connectivity index (χ0n) is 6.46. The van der Waals surface area contributed by atoms with Crippen LogP contribution in [0.5, 0.6) is 0 Å². The molecule has 1 N–H and O–H groups in total. The van der Waals surface area contributed by atoms with E-state index in [0.29, 0.717) is 18.5 Å². The molecule has 11 heavy (non-hydrogen) atoms. The maximum absolute atomic E-state index is 11.2. The highest BCUT2D eigenvalue weighted by Crippen LogP contribution is 2.02. The second-order valence-electron chi connectivity index (χ2n) is 2.29. The number of furan rings is 1. The average molecular weight is 153 g/mol. The van der Waals surface area contributed by atoms with Gasteiger partial charge >= 0.3 is 0 Å². The maximum atomic E-state index is 11.2. The number of carbonyl (C=O) groups is 1. The monoisotopic (exact) mass is 153 g/mol. The summed E-state index contributed by atoms with van der Waals surface area (Å²) >= 11 is 0. The summed E-state index contributed by atoms with van der Waals surface area (Å²) in [4.78, 5) is 11.2. The van der Waals surface area contributed by atoms with E-state index in [1.165, 1.54) is 12.5 Å². The molecule has 3 heteroatoms. The molecule has 3 nitrogen and oxygen atoms in total. The molecular weight excluding hydrogens is 142 g/mol. The topological polar surface area (TPSA) is 42.2 Å². The van der Waals surface area contributed by atoms with E-state index in [0.717, 1.165) is 0 Å². The number of rotatable bonds is 4. The number of hydrogen-bond acceptors (Lipinski definition) is 3. The van der Waals surface area contributed by atoms with E-state index in [1.54, 1.807) is 6.07 Å². The third-order valence-corrected chi connectivity index (χ3v) is 1.45. The molecule has 1 rings (SSSR count). The minimum Gasteiger partial charge on any atom is -0.472 e. The Hall–Kier alpha value is -1.09. The van der Waals surface area contributed by atoms with E-state index >= 15 is 0 Å². The van der Waals surface area contributed by atoms with Gasteiger partial charge in [0.15, 0.2) is 5.78 Å². The first-order chi connectivity index (χ1) is 5.34. The molecule has 0 radical (unpaired) electrons. The average Bonchev–Trinajstić information content (AvgIpc) is 2.52. The van der Waals surface area contributed by atoms with Crippen LogP contribution in [-0.4, -0.2) is 19.4 Å². The molecule has 0 aromatic carbocycles. The second kappa shape index (κ2) is 3.93. The van der Waals surface area contributed by atoms with Crippen LogP contribution in [-0.2, 0) is 0 Å². The SMILES string of the molecule is CNCCC(=O)c1ccoc1. The Balaban J connectivity index is 2.43. The van der Waals surface area contributed by atoms with Crippen molar-refractivity contribution in [3.63, 3.8) is 0 Å². The van der Waals surface area contributed by atoms with E-state index in [2.05, 4.69) is 5.32 Å². The van der Waals surface area contributed by atoms with Gasteiger partial charge < -0.3 is 9.73 Å². The highest BCUT2D eigenvalue weighted by atomic mass is 16.3. The first-order valence-electron chi connectivity index (χ1n) is 3.54. The Morgan fingerprint density at radius 3 is 3.09 bits per heavy atom. The number of nitrogens with one attached hydrogen (secondary N) is 1. The smallest absolute Gasteiger partial charge is 0.167 e. The summed E-state index contributed by atoms with van der Waals surface area (Å²) in [6.45, 7) is 0.712. The lowest BCUT2D eigenvalue weighted by atomic mass is 10.2. The fourth-order valence-electron chi connectivity index (χ4n) is 0.806. The molecule has 1 aromatic heterocycles. The van der Waals surface area contributed by atoms with E-state index in [4.69, 9.17) is 4.42 Å². The number of hydrogen-bond donors (Lipinski definition) is 1. The van der Waals surface area contributed by atoms with Gasteiger partial charge in [0.25, 0.3) is 0 Å². The summed E-state index contributed by atoms with van der Waals surface area (Å²) in [7, 11) is 1.82. The van der Waals surface area contributed by atoms with Crippen LogP contribution in [0.1, 0.15) is 16.8 Å². The molecule has 0 saturated heterocycles. The largest absolute Gasteiger partial charge is 0.472 e. The van der Waals surface area contributed by atoms with Crippen molar-refractivity contribution in [3.05, 3.63) is 24.2 Å². The van der Waals surface area contributed by atoms with Gasteiger partial charge in [-0.05, 0) is 13.1 Å². The van der Waals surface area contributed by atoms with Crippen LogP contribution in [0.3, 0.4) is 0 Å². The van der Waals surface area contributed by atoms with Gasteiger partial charge in [0.2, 0.25) is 0 Å². The minimum absolute atomic E-state index is 0.119. The van der Waals surface area contributed by atoms with Crippen LogP contribution in [0, 0.1) is 0 Å². The molecule has 0 fully saturated rings. The Bertz CT molecular complexity index is 216. The van der Waals surface area contributed by atoms with E-state index in [9.17, 15) is 4.79 Å². The van der Waals surface area contributed by atoms with Crippen LogP contribution in [0.2, 0.25) is 0 Å². The molecule has 0 aliphatic heterocycles.